The van der Waals surface area contributed by atoms with Crippen molar-refractivity contribution in [1.29, 1.82) is 0 Å². The monoisotopic (exact) mass is 222 g/mol. The van der Waals surface area contributed by atoms with Crippen LogP contribution in [0, 0.1) is 0 Å². The summed E-state index contributed by atoms with van der Waals surface area (Å²) in [4.78, 5) is 0. The lowest BCUT2D eigenvalue weighted by Crippen LogP contribution is -2.88. The molecule has 0 amide bonds. The lowest BCUT2D eigenvalue weighted by atomic mass is 10.8. The number of hydrogen-bond acceptors (Lipinski definition) is 5. The molecule has 0 saturated heterocycles. The Bertz CT molecular complexity index is 279. The smallest absolute Gasteiger partial charge is 0.264 e. The lowest BCUT2D eigenvalue weighted by Gasteiger charge is -1.96. The van der Waals surface area contributed by atoms with Gasteiger partial charge in [0.1, 0.15) is 13.2 Å². The number of hydrogen-bond donors (Lipinski definition) is 3. The Labute approximate surface area is 69.4 Å². The largest absolute Gasteiger partial charge is 0.429 e. The summed E-state index contributed by atoms with van der Waals surface area (Å²) in [5.74, 6) is 0. The highest BCUT2D eigenvalue weighted by atomic mass is 32.3. The average Bonchev–Trinajstić information content (AvgIpc) is 1.76. The fraction of sp³-hybridized carbons (Fsp3) is 1.00. The van der Waals surface area contributed by atoms with E-state index in [9.17, 15) is 16.8 Å². The van der Waals surface area contributed by atoms with E-state index in [1.165, 1.54) is 0 Å². The molecule has 0 heterocycles. The van der Waals surface area contributed by atoms with Gasteiger partial charge in [0.05, 0.1) is 0 Å². The van der Waals surface area contributed by atoms with E-state index < -0.39 is 27.3 Å². The molecule has 0 aromatic rings. The summed E-state index contributed by atoms with van der Waals surface area (Å²) in [6.07, 6.45) is 0. The van der Waals surface area contributed by atoms with Crippen LogP contribution in [-0.2, 0) is 24.9 Å². The maximum absolute atomic E-state index is 9.99. The summed E-state index contributed by atoms with van der Waals surface area (Å²) in [5.41, 5.74) is 0. The van der Waals surface area contributed by atoms with Crippen LogP contribution in [0.4, 0.5) is 0 Å². The van der Waals surface area contributed by atoms with Crippen LogP contribution in [0.15, 0.2) is 0 Å². The summed E-state index contributed by atoms with van der Waals surface area (Å²) in [7, 11) is -8.76. The Kier molecular flexibility index (Phi) is 4.02. The van der Waals surface area contributed by atoms with Gasteiger partial charge in [0.2, 0.25) is 0 Å². The first-order chi connectivity index (χ1) is 5.21. The molecule has 0 fully saturated rings. The van der Waals surface area contributed by atoms with Gasteiger partial charge in [-0.2, -0.15) is 8.42 Å². The van der Waals surface area contributed by atoms with Gasteiger partial charge in [-0.1, -0.05) is 0 Å². The standard InChI is InChI=1S/C2H7NO7S2/c4-11(5,6)3-1-2-10-12(7,8)9/h3H,1-2H2,(H,4,5,6)(H,7,8,9)/p+1. The molecule has 0 aliphatic rings. The first kappa shape index (κ1) is 11.7. The molecule has 0 radical (unpaired) electrons. The Morgan fingerprint density at radius 2 is 1.67 bits per heavy atom. The summed E-state index contributed by atoms with van der Waals surface area (Å²) in [6, 6.07) is 0. The lowest BCUT2D eigenvalue weighted by molar-refractivity contribution is -0.506. The van der Waals surface area contributed by atoms with Crippen molar-refractivity contribution in [3.05, 3.63) is 0 Å². The molecule has 10 heteroatoms. The predicted molar refractivity (Wildman–Crippen MR) is 35.8 cm³/mol. The Hall–Kier alpha value is -0.260. The topological polar surface area (TPSA) is 135 Å². The van der Waals surface area contributed by atoms with Gasteiger partial charge in [-0.3, -0.25) is 4.55 Å². The Morgan fingerprint density at radius 3 is 2.00 bits per heavy atom. The van der Waals surface area contributed by atoms with Crippen LogP contribution in [0.1, 0.15) is 0 Å². The molecule has 0 rings (SSSR count). The van der Waals surface area contributed by atoms with Crippen molar-refractivity contribution in [1.82, 2.24) is 0 Å². The first-order valence-corrected chi connectivity index (χ1v) is 5.50. The molecule has 0 saturated carbocycles. The molecule has 0 atom stereocenters. The molecule has 0 unspecified atom stereocenters. The summed E-state index contributed by atoms with van der Waals surface area (Å²) < 4.78 is 60.0. The fourth-order valence-corrected chi connectivity index (χ4v) is 1.05. The van der Waals surface area contributed by atoms with Crippen LogP contribution >= 0.6 is 0 Å². The van der Waals surface area contributed by atoms with Crippen LogP contribution in [-0.4, -0.2) is 39.1 Å². The van der Waals surface area contributed by atoms with Crippen LogP contribution in [0.2, 0.25) is 0 Å². The van der Waals surface area contributed by atoms with Crippen molar-refractivity contribution in [3.8, 4) is 0 Å². The third-order valence-electron chi connectivity index (χ3n) is 0.679. The van der Waals surface area contributed by atoms with Gasteiger partial charge in [-0.25, -0.2) is 13.5 Å². The van der Waals surface area contributed by atoms with Crippen LogP contribution in [0.5, 0.6) is 0 Å². The van der Waals surface area contributed by atoms with E-state index in [2.05, 4.69) is 4.18 Å². The van der Waals surface area contributed by atoms with Crippen molar-refractivity contribution >= 4 is 20.7 Å². The maximum Gasteiger partial charge on any atom is 0.429 e. The Balaban J connectivity index is 3.62. The minimum atomic E-state index is -4.54. The third-order valence-corrected chi connectivity index (χ3v) is 1.80. The minimum Gasteiger partial charge on any atom is -0.264 e. The van der Waals surface area contributed by atoms with E-state index in [1.807, 2.05) is 0 Å². The molecule has 0 spiro atoms. The number of quaternary nitrogens is 1. The summed E-state index contributed by atoms with van der Waals surface area (Å²) >= 11 is 0. The maximum atomic E-state index is 9.99. The molecule has 0 aromatic heterocycles. The van der Waals surface area contributed by atoms with Crippen molar-refractivity contribution in [3.63, 3.8) is 0 Å². The SMILES string of the molecule is O=S(=O)(O)[NH2+]CCOS(=O)(=O)O. The molecule has 74 valence electrons. The van der Waals surface area contributed by atoms with E-state index in [4.69, 9.17) is 9.11 Å². The highest BCUT2D eigenvalue weighted by Gasteiger charge is 2.09. The third kappa shape index (κ3) is 9.74. The van der Waals surface area contributed by atoms with E-state index in [1.54, 1.807) is 0 Å². The number of nitrogens with two attached hydrogens (primary N) is 1. The summed E-state index contributed by atoms with van der Waals surface area (Å²) in [6.45, 7) is -0.878. The second kappa shape index (κ2) is 4.11. The second-order valence-corrected chi connectivity index (χ2v) is 4.17. The van der Waals surface area contributed by atoms with Crippen LogP contribution in [0.25, 0.3) is 0 Å². The second-order valence-electron chi connectivity index (χ2n) is 1.72. The van der Waals surface area contributed by atoms with Gasteiger partial charge >= 0.3 is 20.7 Å². The molecular weight excluding hydrogens is 214 g/mol. The van der Waals surface area contributed by atoms with E-state index in [0.29, 0.717) is 4.72 Å². The zero-order valence-electron chi connectivity index (χ0n) is 5.74. The molecule has 0 aliphatic heterocycles. The van der Waals surface area contributed by atoms with Gasteiger partial charge in [0.15, 0.2) is 0 Å². The van der Waals surface area contributed by atoms with Crippen molar-refractivity contribution in [2.75, 3.05) is 13.2 Å². The van der Waals surface area contributed by atoms with E-state index in [-0.39, 0.29) is 6.54 Å². The van der Waals surface area contributed by atoms with Crippen molar-refractivity contribution in [2.24, 2.45) is 0 Å². The normalized spacial score (nSPS) is 13.2. The zero-order chi connectivity index (χ0) is 9.83. The zero-order valence-corrected chi connectivity index (χ0v) is 7.38. The van der Waals surface area contributed by atoms with Gasteiger partial charge in [-0.05, 0) is 0 Å². The molecule has 8 nitrogen and oxygen atoms in total. The van der Waals surface area contributed by atoms with E-state index in [0.717, 1.165) is 0 Å². The molecule has 12 heavy (non-hydrogen) atoms. The van der Waals surface area contributed by atoms with Crippen molar-refractivity contribution in [2.45, 2.75) is 0 Å². The average molecular weight is 222 g/mol. The Morgan fingerprint density at radius 1 is 1.17 bits per heavy atom. The molecule has 4 N–H and O–H groups in total. The van der Waals surface area contributed by atoms with Gasteiger partial charge in [0.25, 0.3) is 0 Å². The van der Waals surface area contributed by atoms with E-state index >= 15 is 0 Å². The van der Waals surface area contributed by atoms with Crippen LogP contribution in [0.3, 0.4) is 0 Å². The first-order valence-electron chi connectivity index (χ1n) is 2.63. The summed E-state index contributed by atoms with van der Waals surface area (Å²) in [5, 5.41) is 0. The quantitative estimate of drug-likeness (QED) is 0.337. The molecule has 0 bridgehead atoms. The van der Waals surface area contributed by atoms with Gasteiger partial charge < -0.3 is 0 Å². The highest BCUT2D eigenvalue weighted by Crippen LogP contribution is 1.81. The predicted octanol–water partition coefficient (Wildman–Crippen LogP) is -2.83. The van der Waals surface area contributed by atoms with Gasteiger partial charge in [-0.15, -0.1) is 8.42 Å². The fourth-order valence-electron chi connectivity index (χ4n) is 0.350. The molecule has 0 aromatic carbocycles. The van der Waals surface area contributed by atoms with Crippen LogP contribution < -0.4 is 4.72 Å². The number of rotatable bonds is 5. The molecular formula is C2H8NO7S2+. The minimum absolute atomic E-state index is 0.335. The van der Waals surface area contributed by atoms with Crippen molar-refractivity contribution < 1.29 is 34.8 Å². The highest BCUT2D eigenvalue weighted by molar-refractivity contribution is 7.80. The molecule has 0 aliphatic carbocycles. The van der Waals surface area contributed by atoms with Gasteiger partial charge in [0, 0.05) is 0 Å².